The summed E-state index contributed by atoms with van der Waals surface area (Å²) in [5.41, 5.74) is 0. The number of carbonyl (C=O) groups is 5. The van der Waals surface area contributed by atoms with E-state index in [1.54, 1.807) is 0 Å². The molecule has 0 aromatic heterocycles. The summed E-state index contributed by atoms with van der Waals surface area (Å²) in [6.07, 6.45) is -9.65. The third-order valence-corrected chi connectivity index (χ3v) is 6.90. The van der Waals surface area contributed by atoms with E-state index in [-0.39, 0.29) is 6.61 Å². The average molecular weight is 662 g/mol. The van der Waals surface area contributed by atoms with Crippen LogP contribution in [0, 0.1) is 0 Å². The molecule has 38 heavy (non-hydrogen) atoms. The highest BCUT2D eigenvalue weighted by molar-refractivity contribution is 14.1. The van der Waals surface area contributed by atoms with Crippen molar-refractivity contribution in [2.24, 2.45) is 0 Å². The number of rotatable bonds is 10. The first kappa shape index (κ1) is 32.1. The van der Waals surface area contributed by atoms with Crippen LogP contribution in [0.5, 0.6) is 0 Å². The molecule has 0 radical (unpaired) electrons. The van der Waals surface area contributed by atoms with Crippen molar-refractivity contribution in [1.29, 1.82) is 0 Å². The summed E-state index contributed by atoms with van der Waals surface area (Å²) in [7, 11) is 0. The van der Waals surface area contributed by atoms with Crippen LogP contribution in [0.4, 0.5) is 0 Å². The molecule has 0 amide bonds. The van der Waals surface area contributed by atoms with Gasteiger partial charge in [-0.15, -0.1) is 0 Å². The maximum absolute atomic E-state index is 12.0. The second-order valence-corrected chi connectivity index (χ2v) is 9.91. The SMILES string of the molecule is CC(=O)OC[C@H]1O[C@H](O[C@]2(CO)O[C@H](CO)[C@@H](OC(C)=O)[C@@H]2OC(C)=O)[C@H](OC(C)=O)[C@@H](OC(C)=O)[C@@H]1I. The van der Waals surface area contributed by atoms with Crippen molar-refractivity contribution in [3.8, 4) is 0 Å². The van der Waals surface area contributed by atoms with Gasteiger partial charge in [0.05, 0.1) is 10.5 Å². The van der Waals surface area contributed by atoms with Gasteiger partial charge in [0.15, 0.2) is 24.4 Å². The van der Waals surface area contributed by atoms with E-state index in [2.05, 4.69) is 0 Å². The highest BCUT2D eigenvalue weighted by Crippen LogP contribution is 2.41. The van der Waals surface area contributed by atoms with E-state index >= 15 is 0 Å². The van der Waals surface area contributed by atoms with Crippen LogP contribution in [-0.4, -0.2) is 113 Å². The standard InChI is InChI=1S/C22H31IO15/c1-9(26)31-7-15-16(23)18(33-11(3)28)19(34-12(4)29)21(36-15)38-22(8-25)20(35-13(5)30)17(32-10(2)27)14(6-24)37-22/h14-21,24-25H,6-8H2,1-5H3/t14-,15-,16-,17-,18+,19-,20+,21-,22+/m1/s1. The smallest absolute Gasteiger partial charge is 0.303 e. The summed E-state index contributed by atoms with van der Waals surface area (Å²) in [4.78, 5) is 59.0. The second-order valence-electron chi connectivity index (χ2n) is 8.47. The van der Waals surface area contributed by atoms with Crippen LogP contribution in [0.15, 0.2) is 0 Å². The predicted octanol–water partition coefficient (Wildman–Crippen LogP) is -1.10. The Balaban J connectivity index is 2.55. The first-order chi connectivity index (χ1) is 17.7. The van der Waals surface area contributed by atoms with E-state index in [1.165, 1.54) is 6.92 Å². The van der Waals surface area contributed by atoms with E-state index in [1.807, 2.05) is 22.6 Å². The number of carbonyl (C=O) groups excluding carboxylic acids is 5. The zero-order chi connectivity index (χ0) is 28.8. The Bertz CT molecular complexity index is 896. The van der Waals surface area contributed by atoms with E-state index in [9.17, 15) is 34.2 Å². The largest absolute Gasteiger partial charge is 0.463 e. The van der Waals surface area contributed by atoms with Gasteiger partial charge in [0.1, 0.15) is 25.4 Å². The fourth-order valence-corrected chi connectivity index (χ4v) is 4.97. The van der Waals surface area contributed by atoms with Gasteiger partial charge in [-0.2, -0.15) is 0 Å². The molecule has 15 nitrogen and oxygen atoms in total. The monoisotopic (exact) mass is 662 g/mol. The van der Waals surface area contributed by atoms with Crippen LogP contribution in [0.3, 0.4) is 0 Å². The van der Waals surface area contributed by atoms with Gasteiger partial charge >= 0.3 is 29.8 Å². The van der Waals surface area contributed by atoms with Gasteiger partial charge in [0.25, 0.3) is 0 Å². The molecular formula is C22H31IO15. The first-order valence-corrected chi connectivity index (χ1v) is 12.7. The average Bonchev–Trinajstić information content (AvgIpc) is 3.08. The molecule has 0 aromatic carbocycles. The van der Waals surface area contributed by atoms with Gasteiger partial charge in [0.2, 0.25) is 12.1 Å². The summed E-state index contributed by atoms with van der Waals surface area (Å²) in [6.45, 7) is 3.43. The van der Waals surface area contributed by atoms with Crippen molar-refractivity contribution in [3.05, 3.63) is 0 Å². The molecule has 2 N–H and O–H groups in total. The lowest BCUT2D eigenvalue weighted by Crippen LogP contribution is -2.63. The predicted molar refractivity (Wildman–Crippen MR) is 128 cm³/mol. The van der Waals surface area contributed by atoms with Crippen LogP contribution in [-0.2, 0) is 61.9 Å². The van der Waals surface area contributed by atoms with E-state index in [4.69, 9.17) is 37.9 Å². The molecule has 0 aromatic rings. The Hall–Kier alpha value is -2.12. The lowest BCUT2D eigenvalue weighted by Gasteiger charge is -2.45. The second kappa shape index (κ2) is 13.8. The molecule has 2 aliphatic heterocycles. The quantitative estimate of drug-likeness (QED) is 0.124. The van der Waals surface area contributed by atoms with Crippen LogP contribution in [0.25, 0.3) is 0 Å². The zero-order valence-electron chi connectivity index (χ0n) is 21.3. The number of hydrogen-bond acceptors (Lipinski definition) is 15. The number of aliphatic hydroxyl groups excluding tert-OH is 2. The summed E-state index contributed by atoms with van der Waals surface area (Å²) in [5, 5.41) is 20.2. The van der Waals surface area contributed by atoms with Crippen molar-refractivity contribution in [2.75, 3.05) is 19.8 Å². The molecule has 0 unspecified atom stereocenters. The van der Waals surface area contributed by atoms with Crippen LogP contribution in [0.2, 0.25) is 0 Å². The van der Waals surface area contributed by atoms with Crippen molar-refractivity contribution in [3.63, 3.8) is 0 Å². The maximum atomic E-state index is 12.0. The Labute approximate surface area is 231 Å². The Morgan fingerprint density at radius 3 is 1.76 bits per heavy atom. The molecule has 2 aliphatic rings. The minimum atomic E-state index is -2.31. The van der Waals surface area contributed by atoms with Crippen LogP contribution < -0.4 is 0 Å². The first-order valence-electron chi connectivity index (χ1n) is 11.4. The van der Waals surface area contributed by atoms with Gasteiger partial charge in [-0.3, -0.25) is 24.0 Å². The fourth-order valence-electron chi connectivity index (χ4n) is 4.03. The number of aliphatic hydroxyl groups is 2. The highest BCUT2D eigenvalue weighted by atomic mass is 127. The number of esters is 5. The molecule has 0 spiro atoms. The van der Waals surface area contributed by atoms with Crippen molar-refractivity contribution >= 4 is 52.4 Å². The zero-order valence-corrected chi connectivity index (χ0v) is 23.5. The van der Waals surface area contributed by atoms with Crippen LogP contribution >= 0.6 is 22.6 Å². The molecule has 2 saturated heterocycles. The minimum absolute atomic E-state index is 0.316. The minimum Gasteiger partial charge on any atom is -0.463 e. The van der Waals surface area contributed by atoms with Gasteiger partial charge in [0, 0.05) is 34.6 Å². The lowest BCUT2D eigenvalue weighted by atomic mass is 10.0. The molecule has 2 fully saturated rings. The van der Waals surface area contributed by atoms with Gasteiger partial charge < -0.3 is 48.1 Å². The third kappa shape index (κ3) is 7.95. The van der Waals surface area contributed by atoms with Crippen molar-refractivity contribution in [2.45, 2.75) is 87.2 Å². The number of ether oxygens (including phenoxy) is 8. The molecule has 16 heteroatoms. The number of halogens is 1. The van der Waals surface area contributed by atoms with Gasteiger partial charge in [-0.1, -0.05) is 22.6 Å². The normalized spacial score (nSPS) is 34.6. The lowest BCUT2D eigenvalue weighted by molar-refractivity contribution is -0.372. The number of alkyl halides is 1. The molecule has 9 atom stereocenters. The van der Waals surface area contributed by atoms with Crippen LogP contribution in [0.1, 0.15) is 34.6 Å². The van der Waals surface area contributed by atoms with E-state index in [0.717, 1.165) is 27.7 Å². The summed E-state index contributed by atoms with van der Waals surface area (Å²) in [6, 6.07) is 0. The van der Waals surface area contributed by atoms with Crippen molar-refractivity contribution < 1.29 is 72.1 Å². The molecule has 0 bridgehead atoms. The summed E-state index contributed by atoms with van der Waals surface area (Å²) < 4.78 is 43.2. The van der Waals surface area contributed by atoms with E-state index in [0.29, 0.717) is 0 Å². The summed E-state index contributed by atoms with van der Waals surface area (Å²) >= 11 is 1.88. The Morgan fingerprint density at radius 1 is 0.763 bits per heavy atom. The van der Waals surface area contributed by atoms with E-state index < -0.39 is 95.7 Å². The van der Waals surface area contributed by atoms with Gasteiger partial charge in [-0.25, -0.2) is 0 Å². The van der Waals surface area contributed by atoms with Crippen molar-refractivity contribution in [1.82, 2.24) is 0 Å². The highest BCUT2D eigenvalue weighted by Gasteiger charge is 2.63. The maximum Gasteiger partial charge on any atom is 0.303 e. The molecule has 2 rings (SSSR count). The number of hydrogen-bond donors (Lipinski definition) is 2. The molecule has 0 saturated carbocycles. The summed E-state index contributed by atoms with van der Waals surface area (Å²) in [5.74, 6) is -6.15. The molecule has 216 valence electrons. The molecule has 0 aliphatic carbocycles. The fraction of sp³-hybridized carbons (Fsp3) is 0.773. The Kier molecular flexibility index (Phi) is 11.6. The molecule has 2 heterocycles. The topological polar surface area (TPSA) is 200 Å². The molecular weight excluding hydrogens is 631 g/mol. The van der Waals surface area contributed by atoms with Gasteiger partial charge in [-0.05, 0) is 0 Å². The third-order valence-electron chi connectivity index (χ3n) is 5.39. The Morgan fingerprint density at radius 2 is 1.29 bits per heavy atom.